The minimum Gasteiger partial charge on any atom is -0.348 e. The van der Waals surface area contributed by atoms with Crippen molar-refractivity contribution >= 4 is 29.1 Å². The standard InChI is InChI=1S/C12H15Cl2N3O/c1-17-4-2-3-9(7-17)16-12(18)8-5-10(13)11(14)15-6-8/h5-6,9H,2-4,7H2,1H3,(H,16,18). The third-order valence-corrected chi connectivity index (χ3v) is 3.70. The topological polar surface area (TPSA) is 45.2 Å². The van der Waals surface area contributed by atoms with Gasteiger partial charge in [-0.25, -0.2) is 4.98 Å². The maximum absolute atomic E-state index is 12.0. The average Bonchev–Trinajstić information content (AvgIpc) is 2.32. The van der Waals surface area contributed by atoms with Gasteiger partial charge in [0.25, 0.3) is 5.91 Å². The number of likely N-dealkylation sites (tertiary alicyclic amines) is 1. The van der Waals surface area contributed by atoms with Crippen LogP contribution in [0.3, 0.4) is 0 Å². The number of halogens is 2. The van der Waals surface area contributed by atoms with Crippen LogP contribution in [0.5, 0.6) is 0 Å². The molecule has 0 spiro atoms. The first-order valence-electron chi connectivity index (χ1n) is 5.86. The van der Waals surface area contributed by atoms with Gasteiger partial charge in [0.2, 0.25) is 0 Å². The van der Waals surface area contributed by atoms with Gasteiger partial charge < -0.3 is 10.2 Å². The van der Waals surface area contributed by atoms with Crippen molar-refractivity contribution in [3.8, 4) is 0 Å². The molecule has 1 amide bonds. The molecule has 2 heterocycles. The molecule has 6 heteroatoms. The van der Waals surface area contributed by atoms with Crippen LogP contribution in [0.25, 0.3) is 0 Å². The molecule has 1 unspecified atom stereocenters. The highest BCUT2D eigenvalue weighted by Crippen LogP contribution is 2.19. The second-order valence-electron chi connectivity index (χ2n) is 4.57. The van der Waals surface area contributed by atoms with Crippen molar-refractivity contribution in [3.05, 3.63) is 28.0 Å². The second-order valence-corrected chi connectivity index (χ2v) is 5.34. The second kappa shape index (κ2) is 5.87. The monoisotopic (exact) mass is 287 g/mol. The minimum absolute atomic E-state index is 0.152. The van der Waals surface area contributed by atoms with E-state index in [2.05, 4.69) is 22.2 Å². The summed E-state index contributed by atoms with van der Waals surface area (Å²) in [6, 6.07) is 1.73. The van der Waals surface area contributed by atoms with Crippen molar-refractivity contribution in [2.24, 2.45) is 0 Å². The lowest BCUT2D eigenvalue weighted by Crippen LogP contribution is -2.46. The van der Waals surface area contributed by atoms with E-state index in [1.165, 1.54) is 6.20 Å². The van der Waals surface area contributed by atoms with E-state index < -0.39 is 0 Å². The molecule has 18 heavy (non-hydrogen) atoms. The predicted octanol–water partition coefficient (Wildman–Crippen LogP) is 2.21. The summed E-state index contributed by atoms with van der Waals surface area (Å²) in [7, 11) is 2.05. The number of aromatic nitrogens is 1. The molecule has 0 aliphatic carbocycles. The molecule has 0 saturated carbocycles. The lowest BCUT2D eigenvalue weighted by Gasteiger charge is -2.30. The van der Waals surface area contributed by atoms with Crippen molar-refractivity contribution < 1.29 is 4.79 Å². The number of piperidine rings is 1. The molecule has 1 N–H and O–H groups in total. The Morgan fingerprint density at radius 1 is 1.56 bits per heavy atom. The van der Waals surface area contributed by atoms with E-state index in [4.69, 9.17) is 23.2 Å². The normalized spacial score (nSPS) is 20.7. The fraction of sp³-hybridized carbons (Fsp3) is 0.500. The Balaban J connectivity index is 2.00. The highest BCUT2D eigenvalue weighted by atomic mass is 35.5. The molecule has 0 aromatic carbocycles. The van der Waals surface area contributed by atoms with Gasteiger partial charge in [0.05, 0.1) is 10.6 Å². The van der Waals surface area contributed by atoms with Crippen LogP contribution in [-0.2, 0) is 0 Å². The Morgan fingerprint density at radius 2 is 2.33 bits per heavy atom. The largest absolute Gasteiger partial charge is 0.348 e. The van der Waals surface area contributed by atoms with Crippen LogP contribution in [0, 0.1) is 0 Å². The van der Waals surface area contributed by atoms with Gasteiger partial charge in [0, 0.05) is 18.8 Å². The zero-order valence-corrected chi connectivity index (χ0v) is 11.6. The molecule has 0 radical (unpaired) electrons. The van der Waals surface area contributed by atoms with Crippen LogP contribution in [-0.4, -0.2) is 42.0 Å². The van der Waals surface area contributed by atoms with E-state index in [0.717, 1.165) is 25.9 Å². The smallest absolute Gasteiger partial charge is 0.253 e. The number of carbonyl (C=O) groups is 1. The Kier molecular flexibility index (Phi) is 4.43. The lowest BCUT2D eigenvalue weighted by atomic mass is 10.1. The van der Waals surface area contributed by atoms with Crippen molar-refractivity contribution in [2.45, 2.75) is 18.9 Å². The van der Waals surface area contributed by atoms with Crippen molar-refractivity contribution in [1.29, 1.82) is 0 Å². The Labute approximate surface area is 116 Å². The van der Waals surface area contributed by atoms with E-state index in [1.54, 1.807) is 6.07 Å². The quantitative estimate of drug-likeness (QED) is 0.849. The fourth-order valence-corrected chi connectivity index (χ4v) is 2.37. The molecule has 2 rings (SSSR count). The molecular weight excluding hydrogens is 273 g/mol. The Hall–Kier alpha value is -0.840. The number of nitrogens with one attached hydrogen (secondary N) is 1. The number of hydrogen-bond acceptors (Lipinski definition) is 3. The van der Waals surface area contributed by atoms with Gasteiger partial charge in [-0.1, -0.05) is 23.2 Å². The molecular formula is C12H15Cl2N3O. The number of rotatable bonds is 2. The zero-order valence-electron chi connectivity index (χ0n) is 10.1. The molecule has 98 valence electrons. The molecule has 1 aliphatic rings. The van der Waals surface area contributed by atoms with Crippen molar-refractivity contribution in [1.82, 2.24) is 15.2 Å². The van der Waals surface area contributed by atoms with Crippen LogP contribution < -0.4 is 5.32 Å². The molecule has 1 aliphatic heterocycles. The van der Waals surface area contributed by atoms with E-state index in [1.807, 2.05) is 0 Å². The highest BCUT2D eigenvalue weighted by molar-refractivity contribution is 6.41. The summed E-state index contributed by atoms with van der Waals surface area (Å²) in [5.74, 6) is -0.152. The number of carbonyl (C=O) groups excluding carboxylic acids is 1. The number of hydrogen-bond donors (Lipinski definition) is 1. The zero-order chi connectivity index (χ0) is 13.1. The summed E-state index contributed by atoms with van der Waals surface area (Å²) >= 11 is 11.6. The molecule has 1 aromatic rings. The number of amides is 1. The summed E-state index contributed by atoms with van der Waals surface area (Å²) < 4.78 is 0. The first-order valence-corrected chi connectivity index (χ1v) is 6.62. The number of pyridine rings is 1. The lowest BCUT2D eigenvalue weighted by molar-refractivity contribution is 0.0912. The van der Waals surface area contributed by atoms with Crippen LogP contribution >= 0.6 is 23.2 Å². The van der Waals surface area contributed by atoms with E-state index >= 15 is 0 Å². The van der Waals surface area contributed by atoms with Crippen LogP contribution in [0.1, 0.15) is 23.2 Å². The molecule has 1 atom stereocenters. The summed E-state index contributed by atoms with van der Waals surface area (Å²) in [6.07, 6.45) is 3.54. The van der Waals surface area contributed by atoms with Gasteiger partial charge >= 0.3 is 0 Å². The SMILES string of the molecule is CN1CCCC(NC(=O)c2cnc(Cl)c(Cl)c2)C1. The van der Waals surface area contributed by atoms with Gasteiger partial charge in [0.15, 0.2) is 0 Å². The maximum Gasteiger partial charge on any atom is 0.253 e. The van der Waals surface area contributed by atoms with E-state index in [-0.39, 0.29) is 17.1 Å². The van der Waals surface area contributed by atoms with Crippen LogP contribution in [0.4, 0.5) is 0 Å². The fourth-order valence-electron chi connectivity index (χ4n) is 2.10. The maximum atomic E-state index is 12.0. The van der Waals surface area contributed by atoms with Gasteiger partial charge in [0.1, 0.15) is 5.15 Å². The first-order chi connectivity index (χ1) is 8.56. The van der Waals surface area contributed by atoms with Gasteiger partial charge in [-0.2, -0.15) is 0 Å². The molecule has 4 nitrogen and oxygen atoms in total. The Bertz CT molecular complexity index is 453. The highest BCUT2D eigenvalue weighted by Gasteiger charge is 2.20. The van der Waals surface area contributed by atoms with Crippen LogP contribution in [0.15, 0.2) is 12.3 Å². The van der Waals surface area contributed by atoms with Gasteiger partial charge in [-0.05, 0) is 32.5 Å². The van der Waals surface area contributed by atoms with E-state index in [9.17, 15) is 4.79 Å². The molecule has 1 fully saturated rings. The van der Waals surface area contributed by atoms with Crippen molar-refractivity contribution in [3.63, 3.8) is 0 Å². The van der Waals surface area contributed by atoms with Gasteiger partial charge in [-0.15, -0.1) is 0 Å². The summed E-state index contributed by atoms with van der Waals surface area (Å²) in [5.41, 5.74) is 0.442. The average molecular weight is 288 g/mol. The van der Waals surface area contributed by atoms with Crippen LogP contribution in [0.2, 0.25) is 10.2 Å². The number of nitrogens with zero attached hydrogens (tertiary/aromatic N) is 2. The Morgan fingerprint density at radius 3 is 3.00 bits per heavy atom. The van der Waals surface area contributed by atoms with Crippen molar-refractivity contribution in [2.75, 3.05) is 20.1 Å². The van der Waals surface area contributed by atoms with Gasteiger partial charge in [-0.3, -0.25) is 4.79 Å². The first kappa shape index (κ1) is 13.6. The summed E-state index contributed by atoms with van der Waals surface area (Å²) in [5, 5.41) is 3.50. The third-order valence-electron chi connectivity index (χ3n) is 3.02. The van der Waals surface area contributed by atoms with E-state index in [0.29, 0.717) is 10.6 Å². The third kappa shape index (κ3) is 3.34. The number of likely N-dealkylation sites (N-methyl/N-ethyl adjacent to an activating group) is 1. The minimum atomic E-state index is -0.152. The molecule has 1 aromatic heterocycles. The predicted molar refractivity (Wildman–Crippen MR) is 72.2 cm³/mol. The molecule has 0 bridgehead atoms. The summed E-state index contributed by atoms with van der Waals surface area (Å²) in [6.45, 7) is 1.96. The molecule has 1 saturated heterocycles. The summed E-state index contributed by atoms with van der Waals surface area (Å²) in [4.78, 5) is 18.1.